The summed E-state index contributed by atoms with van der Waals surface area (Å²) in [6.07, 6.45) is 18.4. The number of rotatable bonds is 38. The number of aliphatic hydroxyl groups is 7. The van der Waals surface area contributed by atoms with Gasteiger partial charge in [0.25, 0.3) is 0 Å². The van der Waals surface area contributed by atoms with Gasteiger partial charge in [-0.05, 0) is 76.4 Å². The maximum atomic E-state index is 13.0. The molecule has 0 amide bonds. The molecule has 0 aliphatic carbocycles. The van der Waals surface area contributed by atoms with Gasteiger partial charge in [0.05, 0.1) is 19.8 Å². The summed E-state index contributed by atoms with van der Waals surface area (Å²) in [6.45, 7) is 2.53. The third-order valence-corrected chi connectivity index (χ3v) is 11.9. The molecule has 0 saturated carbocycles. The van der Waals surface area contributed by atoms with Gasteiger partial charge in [0, 0.05) is 12.8 Å². The molecule has 0 aromatic carbocycles. The minimum absolute atomic E-state index is 0.144. The zero-order valence-electron chi connectivity index (χ0n) is 39.8. The van der Waals surface area contributed by atoms with Crippen molar-refractivity contribution in [3.05, 3.63) is 30.0 Å². The van der Waals surface area contributed by atoms with Gasteiger partial charge in [-0.15, -0.1) is 5.73 Å². The Hall–Kier alpha value is -2.24. The van der Waals surface area contributed by atoms with Gasteiger partial charge >= 0.3 is 11.9 Å². The van der Waals surface area contributed by atoms with E-state index < -0.39 is 99.3 Å². The van der Waals surface area contributed by atoms with Crippen LogP contribution in [0.3, 0.4) is 0 Å². The summed E-state index contributed by atoms with van der Waals surface area (Å²) in [5, 5.41) is 72.0. The standard InChI is InChI=1S/C50H88O15/c1-3-5-7-9-11-13-15-17-19-21-23-25-27-29-31-33-42(53)63-38(35-60-41(52)32-30-28-26-24-22-20-18-16-14-12-10-8-6-4-2)36-61-49-48(59)46(57)44(55)40(65-49)37-62-50-47(58)45(56)43(54)39(34-51)64-50/h15-16,18-19,38-40,43-51,54-59H,3-14,20-37H2,1-2H3/b18-16+/t17?,38-,39-,40-,43+,44+,45?,46?,47?,48?,49-,50-/m1/s1. The fourth-order valence-electron chi connectivity index (χ4n) is 7.72. The zero-order chi connectivity index (χ0) is 47.5. The van der Waals surface area contributed by atoms with Gasteiger partial charge in [-0.2, -0.15) is 0 Å². The number of carbonyl (C=O) groups excluding carboxylic acids is 2. The minimum Gasteiger partial charge on any atom is -0.462 e. The Bertz CT molecular complexity index is 1290. The minimum atomic E-state index is -1.77. The Morgan fingerprint density at radius 2 is 0.969 bits per heavy atom. The van der Waals surface area contributed by atoms with E-state index in [-0.39, 0.29) is 19.4 Å². The fourth-order valence-corrected chi connectivity index (χ4v) is 7.72. The molecule has 4 unspecified atom stereocenters. The smallest absolute Gasteiger partial charge is 0.306 e. The highest BCUT2D eigenvalue weighted by Gasteiger charge is 2.47. The molecule has 2 heterocycles. The molecule has 0 bridgehead atoms. The molecular formula is C50H88O15. The first-order chi connectivity index (χ1) is 31.5. The van der Waals surface area contributed by atoms with E-state index in [0.29, 0.717) is 12.8 Å². The van der Waals surface area contributed by atoms with E-state index in [0.717, 1.165) is 77.0 Å². The van der Waals surface area contributed by atoms with E-state index in [9.17, 15) is 45.3 Å². The lowest BCUT2D eigenvalue weighted by atomic mass is 9.98. The van der Waals surface area contributed by atoms with Crippen LogP contribution in [0, 0.1) is 0 Å². The third kappa shape index (κ3) is 26.2. The van der Waals surface area contributed by atoms with Crippen LogP contribution < -0.4 is 0 Å². The molecule has 2 aliphatic rings. The van der Waals surface area contributed by atoms with Gasteiger partial charge in [-0.3, -0.25) is 9.59 Å². The number of esters is 2. The second-order valence-corrected chi connectivity index (χ2v) is 17.7. The number of unbranched alkanes of at least 4 members (excludes halogenated alkanes) is 20. The Labute approximate surface area is 389 Å². The number of ether oxygens (including phenoxy) is 6. The quantitative estimate of drug-likeness (QED) is 0.0151. The molecule has 0 spiro atoms. The van der Waals surface area contributed by atoms with Crippen LogP contribution >= 0.6 is 0 Å². The number of carbonyl (C=O) groups is 2. The van der Waals surface area contributed by atoms with Crippen molar-refractivity contribution in [1.29, 1.82) is 0 Å². The van der Waals surface area contributed by atoms with E-state index in [1.165, 1.54) is 64.2 Å². The second-order valence-electron chi connectivity index (χ2n) is 17.7. The Kier molecular flexibility index (Phi) is 34.2. The molecule has 0 radical (unpaired) electrons. The Morgan fingerprint density at radius 3 is 1.51 bits per heavy atom. The first-order valence-electron chi connectivity index (χ1n) is 25.2. The van der Waals surface area contributed by atoms with Crippen LogP contribution in [-0.4, -0.2) is 142 Å². The topological polar surface area (TPSA) is 231 Å². The zero-order valence-corrected chi connectivity index (χ0v) is 39.8. The fraction of sp³-hybridized carbons (Fsp3) is 0.860. The number of hydrogen-bond acceptors (Lipinski definition) is 15. The summed E-state index contributed by atoms with van der Waals surface area (Å²) in [6, 6.07) is 0. The van der Waals surface area contributed by atoms with Crippen molar-refractivity contribution in [2.75, 3.05) is 26.4 Å². The highest BCUT2D eigenvalue weighted by Crippen LogP contribution is 2.26. The summed E-state index contributed by atoms with van der Waals surface area (Å²) >= 11 is 0. The summed E-state index contributed by atoms with van der Waals surface area (Å²) < 4.78 is 33.5. The monoisotopic (exact) mass is 929 g/mol. The normalized spacial score (nSPS) is 26.2. The second kappa shape index (κ2) is 37.7. The molecule has 0 aromatic rings. The maximum absolute atomic E-state index is 13.0. The van der Waals surface area contributed by atoms with E-state index in [2.05, 4.69) is 43.9 Å². The third-order valence-electron chi connectivity index (χ3n) is 11.9. The van der Waals surface area contributed by atoms with Crippen LogP contribution in [0.1, 0.15) is 181 Å². The molecule has 0 aromatic heterocycles. The van der Waals surface area contributed by atoms with Gasteiger partial charge < -0.3 is 64.2 Å². The Balaban J connectivity index is 1.84. The van der Waals surface area contributed by atoms with E-state index >= 15 is 0 Å². The number of aliphatic hydroxyl groups excluding tert-OH is 7. The predicted octanol–water partition coefficient (Wildman–Crippen LogP) is 6.53. The highest BCUT2D eigenvalue weighted by atomic mass is 16.7. The molecule has 2 fully saturated rings. The summed E-state index contributed by atoms with van der Waals surface area (Å²) in [5.74, 6) is -0.954. The molecule has 11 atom stereocenters. The molecule has 2 rings (SSSR count). The molecule has 7 N–H and O–H groups in total. The summed E-state index contributed by atoms with van der Waals surface area (Å²) in [7, 11) is 0. The average Bonchev–Trinajstić information content (AvgIpc) is 3.30. The molecule has 378 valence electrons. The van der Waals surface area contributed by atoms with Crippen molar-refractivity contribution in [2.24, 2.45) is 0 Å². The Morgan fingerprint density at radius 1 is 0.523 bits per heavy atom. The lowest BCUT2D eigenvalue weighted by molar-refractivity contribution is -0.332. The summed E-state index contributed by atoms with van der Waals surface area (Å²) in [5.41, 5.74) is 3.28. The molecule has 15 heteroatoms. The average molecular weight is 929 g/mol. The van der Waals surface area contributed by atoms with Gasteiger partial charge in [0.2, 0.25) is 0 Å². The maximum Gasteiger partial charge on any atom is 0.306 e. The van der Waals surface area contributed by atoms with Gasteiger partial charge in [0.15, 0.2) is 18.7 Å². The molecule has 65 heavy (non-hydrogen) atoms. The molecular weight excluding hydrogens is 841 g/mol. The van der Waals surface area contributed by atoms with Crippen molar-refractivity contribution >= 4 is 11.9 Å². The van der Waals surface area contributed by atoms with Crippen LogP contribution in [0.4, 0.5) is 0 Å². The first kappa shape index (κ1) is 58.9. The van der Waals surface area contributed by atoms with Crippen molar-refractivity contribution in [2.45, 2.75) is 248 Å². The lowest BCUT2D eigenvalue weighted by Crippen LogP contribution is -2.61. The van der Waals surface area contributed by atoms with Gasteiger partial charge in [0.1, 0.15) is 55.4 Å². The van der Waals surface area contributed by atoms with Crippen LogP contribution in [0.15, 0.2) is 30.0 Å². The van der Waals surface area contributed by atoms with E-state index in [1.807, 2.05) is 0 Å². The first-order valence-corrected chi connectivity index (χ1v) is 25.2. The van der Waals surface area contributed by atoms with Gasteiger partial charge in [-0.1, -0.05) is 116 Å². The van der Waals surface area contributed by atoms with Crippen molar-refractivity contribution in [3.8, 4) is 0 Å². The van der Waals surface area contributed by atoms with Crippen LogP contribution in [-0.2, 0) is 38.0 Å². The van der Waals surface area contributed by atoms with Crippen LogP contribution in [0.25, 0.3) is 0 Å². The van der Waals surface area contributed by atoms with Gasteiger partial charge in [-0.25, -0.2) is 0 Å². The SMILES string of the molecule is CCCCCCCC=C=CCCCCCCCC(=O)O[C@H](COC(=O)CCCCCCC/C=C/CCCCCCC)CO[C@@H]1O[C@H](CO[C@@H]2O[C@H](CO)[C@H](O)C(O)C2O)[C@H](O)C(O)C1O. The highest BCUT2D eigenvalue weighted by molar-refractivity contribution is 5.70. The van der Waals surface area contributed by atoms with E-state index in [4.69, 9.17) is 28.4 Å². The van der Waals surface area contributed by atoms with E-state index in [1.54, 1.807) is 0 Å². The lowest BCUT2D eigenvalue weighted by Gasteiger charge is -2.42. The molecule has 2 saturated heterocycles. The predicted molar refractivity (Wildman–Crippen MR) is 246 cm³/mol. The molecule has 15 nitrogen and oxygen atoms in total. The van der Waals surface area contributed by atoms with Crippen molar-refractivity contribution in [3.63, 3.8) is 0 Å². The van der Waals surface area contributed by atoms with Crippen molar-refractivity contribution < 1.29 is 73.8 Å². The van der Waals surface area contributed by atoms with Crippen molar-refractivity contribution in [1.82, 2.24) is 0 Å². The number of hydrogen-bond donors (Lipinski definition) is 7. The summed E-state index contributed by atoms with van der Waals surface area (Å²) in [4.78, 5) is 25.7. The largest absolute Gasteiger partial charge is 0.462 e. The molecule has 2 aliphatic heterocycles. The van der Waals surface area contributed by atoms with Crippen LogP contribution in [0.2, 0.25) is 0 Å². The van der Waals surface area contributed by atoms with Crippen LogP contribution in [0.5, 0.6) is 0 Å². The number of allylic oxidation sites excluding steroid dienone is 3.